The van der Waals surface area contributed by atoms with E-state index in [0.29, 0.717) is 6.54 Å². The third-order valence-electron chi connectivity index (χ3n) is 4.75. The van der Waals surface area contributed by atoms with E-state index in [1.807, 2.05) is 26.8 Å². The van der Waals surface area contributed by atoms with Crippen LogP contribution in [0.4, 0.5) is 4.79 Å². The highest BCUT2D eigenvalue weighted by Gasteiger charge is 2.41. The molecule has 1 heterocycles. The van der Waals surface area contributed by atoms with E-state index in [-0.39, 0.29) is 23.3 Å². The first-order valence-corrected chi connectivity index (χ1v) is 11.5. The Morgan fingerprint density at radius 2 is 1.74 bits per heavy atom. The molecule has 134 valence electrons. The highest BCUT2D eigenvalue weighted by molar-refractivity contribution is 6.74. The number of ether oxygens (including phenoxy) is 1. The summed E-state index contributed by atoms with van der Waals surface area (Å²) in [5, 5.41) is 0.166. The lowest BCUT2D eigenvalue weighted by atomic mass is 10.0. The van der Waals surface area contributed by atoms with Crippen molar-refractivity contribution in [3.63, 3.8) is 0 Å². The summed E-state index contributed by atoms with van der Waals surface area (Å²) in [5.74, 6) is 0. The topological polar surface area (TPSA) is 38.8 Å². The van der Waals surface area contributed by atoms with Crippen LogP contribution < -0.4 is 0 Å². The molecular formula is C18H35NO3Si. The maximum absolute atomic E-state index is 12.5. The van der Waals surface area contributed by atoms with Crippen molar-refractivity contribution in [2.75, 3.05) is 6.54 Å². The highest BCUT2D eigenvalue weighted by atomic mass is 28.4. The van der Waals surface area contributed by atoms with Crippen LogP contribution in [0.3, 0.4) is 0 Å². The molecule has 0 unspecified atom stereocenters. The molecule has 0 aliphatic carbocycles. The largest absolute Gasteiger partial charge is 0.444 e. The molecule has 0 bridgehead atoms. The van der Waals surface area contributed by atoms with Gasteiger partial charge in [-0.25, -0.2) is 4.79 Å². The molecule has 1 fully saturated rings. The fraction of sp³-hybridized carbons (Fsp3) is 0.833. The van der Waals surface area contributed by atoms with E-state index in [1.165, 1.54) is 0 Å². The van der Waals surface area contributed by atoms with Crippen LogP contribution in [0, 0.1) is 0 Å². The third-order valence-corrected chi connectivity index (χ3v) is 9.29. The van der Waals surface area contributed by atoms with Crippen LogP contribution in [0.25, 0.3) is 0 Å². The molecule has 0 aromatic heterocycles. The van der Waals surface area contributed by atoms with Gasteiger partial charge in [-0.3, -0.25) is 4.90 Å². The Kier molecular flexibility index (Phi) is 6.13. The minimum Gasteiger partial charge on any atom is -0.444 e. The van der Waals surface area contributed by atoms with Gasteiger partial charge in [0.05, 0.1) is 12.1 Å². The summed E-state index contributed by atoms with van der Waals surface area (Å²) < 4.78 is 12.1. The lowest BCUT2D eigenvalue weighted by Gasteiger charge is -2.44. The summed E-state index contributed by atoms with van der Waals surface area (Å²) in [6, 6.07) is 0.0316. The molecule has 1 aliphatic heterocycles. The molecule has 1 aliphatic rings. The molecule has 0 aromatic carbocycles. The van der Waals surface area contributed by atoms with E-state index < -0.39 is 13.9 Å². The Balaban J connectivity index is 2.82. The van der Waals surface area contributed by atoms with Gasteiger partial charge in [-0.2, -0.15) is 0 Å². The van der Waals surface area contributed by atoms with Gasteiger partial charge in [-0.05, 0) is 51.7 Å². The van der Waals surface area contributed by atoms with E-state index in [1.54, 1.807) is 4.90 Å². The molecule has 0 spiro atoms. The second-order valence-corrected chi connectivity index (χ2v) is 13.8. The molecule has 0 radical (unpaired) electrons. The number of rotatable bonds is 3. The lowest BCUT2D eigenvalue weighted by Crippen LogP contribution is -2.53. The van der Waals surface area contributed by atoms with E-state index >= 15 is 0 Å². The summed E-state index contributed by atoms with van der Waals surface area (Å²) in [5.41, 5.74) is -0.490. The zero-order valence-corrected chi connectivity index (χ0v) is 17.2. The van der Waals surface area contributed by atoms with Crippen molar-refractivity contribution >= 4 is 14.4 Å². The van der Waals surface area contributed by atoms with Crippen LogP contribution in [0.5, 0.6) is 0 Å². The highest BCUT2D eigenvalue weighted by Crippen LogP contribution is 2.38. The molecule has 23 heavy (non-hydrogen) atoms. The summed E-state index contributed by atoms with van der Waals surface area (Å²) in [4.78, 5) is 14.3. The van der Waals surface area contributed by atoms with E-state index in [2.05, 4.69) is 40.4 Å². The van der Waals surface area contributed by atoms with E-state index in [4.69, 9.17) is 9.16 Å². The minimum absolute atomic E-state index is 0.0316. The van der Waals surface area contributed by atoms with Crippen molar-refractivity contribution in [2.24, 2.45) is 0 Å². The van der Waals surface area contributed by atoms with Crippen molar-refractivity contribution in [3.05, 3.63) is 12.7 Å². The average molecular weight is 342 g/mol. The van der Waals surface area contributed by atoms with Crippen LogP contribution in [-0.2, 0) is 9.16 Å². The first-order chi connectivity index (χ1) is 10.3. The Bertz CT molecular complexity index is 435. The summed E-state index contributed by atoms with van der Waals surface area (Å²) >= 11 is 0. The average Bonchev–Trinajstić information content (AvgIpc) is 2.34. The standard InChI is InChI=1S/C18H35NO3Si/c1-10-14-11-12-15(22-23(8,9)18(5,6)7)13-19(14)16(20)21-17(2,3)4/h10,14-15H,1,11-13H2,2-9H3/t14-,15+/m0/s1. The lowest BCUT2D eigenvalue weighted by molar-refractivity contribution is -0.00348. The summed E-state index contributed by atoms with van der Waals surface area (Å²) in [6.07, 6.45) is 3.49. The first kappa shape index (κ1) is 20.2. The van der Waals surface area contributed by atoms with Crippen molar-refractivity contribution in [2.45, 2.75) is 90.3 Å². The van der Waals surface area contributed by atoms with Gasteiger partial charge in [0.15, 0.2) is 8.32 Å². The van der Waals surface area contributed by atoms with Crippen LogP contribution in [0.15, 0.2) is 12.7 Å². The summed E-state index contributed by atoms with van der Waals surface area (Å²) in [6.45, 7) is 21.3. The maximum atomic E-state index is 12.5. The monoisotopic (exact) mass is 341 g/mol. The van der Waals surface area contributed by atoms with Crippen LogP contribution in [0.1, 0.15) is 54.4 Å². The number of hydrogen-bond donors (Lipinski definition) is 0. The minimum atomic E-state index is -1.84. The number of amides is 1. The molecule has 0 aromatic rings. The second kappa shape index (κ2) is 6.97. The summed E-state index contributed by atoms with van der Waals surface area (Å²) in [7, 11) is -1.84. The predicted octanol–water partition coefficient (Wildman–Crippen LogP) is 4.96. The van der Waals surface area contributed by atoms with E-state index in [9.17, 15) is 4.79 Å². The fourth-order valence-electron chi connectivity index (χ4n) is 2.42. The Hall–Kier alpha value is -0.813. The smallest absolute Gasteiger partial charge is 0.410 e. The predicted molar refractivity (Wildman–Crippen MR) is 98.2 cm³/mol. The van der Waals surface area contributed by atoms with Crippen LogP contribution in [0.2, 0.25) is 18.1 Å². The van der Waals surface area contributed by atoms with Crippen LogP contribution >= 0.6 is 0 Å². The van der Waals surface area contributed by atoms with Gasteiger partial charge in [0, 0.05) is 6.54 Å². The zero-order valence-electron chi connectivity index (χ0n) is 16.2. The van der Waals surface area contributed by atoms with Crippen molar-refractivity contribution < 1.29 is 14.0 Å². The molecule has 1 rings (SSSR count). The van der Waals surface area contributed by atoms with Crippen molar-refractivity contribution in [1.29, 1.82) is 0 Å². The number of likely N-dealkylation sites (tertiary alicyclic amines) is 1. The molecule has 1 amide bonds. The maximum Gasteiger partial charge on any atom is 0.410 e. The zero-order chi connectivity index (χ0) is 18.1. The molecular weight excluding hydrogens is 306 g/mol. The second-order valence-electron chi connectivity index (χ2n) is 9.01. The van der Waals surface area contributed by atoms with Gasteiger partial charge in [0.25, 0.3) is 0 Å². The normalized spacial score (nSPS) is 23.6. The van der Waals surface area contributed by atoms with Crippen LogP contribution in [-0.4, -0.2) is 43.6 Å². The Morgan fingerprint density at radius 3 is 2.17 bits per heavy atom. The molecule has 0 saturated carbocycles. The molecule has 1 saturated heterocycles. The SMILES string of the molecule is C=C[C@H]1CC[C@@H](O[Si](C)(C)C(C)(C)C)CN1C(=O)OC(C)(C)C. The number of nitrogens with zero attached hydrogens (tertiary/aromatic N) is 1. The molecule has 4 nitrogen and oxygen atoms in total. The number of carbonyl (C=O) groups is 1. The van der Waals surface area contributed by atoms with Gasteiger partial charge >= 0.3 is 6.09 Å². The van der Waals surface area contributed by atoms with Gasteiger partial charge in [-0.1, -0.05) is 26.8 Å². The number of hydrogen-bond acceptors (Lipinski definition) is 3. The molecule has 0 N–H and O–H groups in total. The van der Waals surface area contributed by atoms with Gasteiger partial charge in [0.2, 0.25) is 0 Å². The van der Waals surface area contributed by atoms with Gasteiger partial charge < -0.3 is 9.16 Å². The molecule has 2 atom stereocenters. The Labute approximate surface area is 143 Å². The quantitative estimate of drug-likeness (QED) is 0.538. The van der Waals surface area contributed by atoms with E-state index in [0.717, 1.165) is 12.8 Å². The van der Waals surface area contributed by atoms with Gasteiger partial charge in [0.1, 0.15) is 5.60 Å². The van der Waals surface area contributed by atoms with Crippen molar-refractivity contribution in [3.8, 4) is 0 Å². The fourth-order valence-corrected chi connectivity index (χ4v) is 3.80. The van der Waals surface area contributed by atoms with Crippen molar-refractivity contribution in [1.82, 2.24) is 4.90 Å². The Morgan fingerprint density at radius 1 is 1.17 bits per heavy atom. The number of carbonyl (C=O) groups excluding carboxylic acids is 1. The first-order valence-electron chi connectivity index (χ1n) is 8.57. The third kappa shape index (κ3) is 5.64. The van der Waals surface area contributed by atoms with Gasteiger partial charge in [-0.15, -0.1) is 6.58 Å². The number of piperidine rings is 1. The molecule has 5 heteroatoms.